The van der Waals surface area contributed by atoms with E-state index in [2.05, 4.69) is 145 Å². The van der Waals surface area contributed by atoms with Gasteiger partial charge in [-0.2, -0.15) is 40.7 Å². The first kappa shape index (κ1) is 103. The topological polar surface area (TPSA) is 526 Å². The number of aromatic nitrogens is 17. The van der Waals surface area contributed by atoms with Crippen molar-refractivity contribution in [3.63, 3.8) is 0 Å². The predicted molar refractivity (Wildman–Crippen MR) is 513 cm³/mol. The zero-order valence-corrected chi connectivity index (χ0v) is 82.7. The summed E-state index contributed by atoms with van der Waals surface area (Å²) in [6.45, 7) is 31.6. The van der Waals surface area contributed by atoms with E-state index in [0.717, 1.165) is 129 Å². The summed E-state index contributed by atoms with van der Waals surface area (Å²) in [7, 11) is 3.51. The van der Waals surface area contributed by atoms with E-state index in [1.165, 1.54) is 13.0 Å². The van der Waals surface area contributed by atoms with E-state index in [1.807, 2.05) is 75.4 Å². The van der Waals surface area contributed by atoms with Gasteiger partial charge in [-0.3, -0.25) is 87.8 Å². The van der Waals surface area contributed by atoms with Crippen LogP contribution in [0, 0.1) is 23.7 Å². The van der Waals surface area contributed by atoms with Gasteiger partial charge in [-0.25, -0.2) is 14.2 Å². The molecule has 0 bridgehead atoms. The van der Waals surface area contributed by atoms with E-state index in [9.17, 15) is 67.3 Å². The number of hydrogen-bond donors (Lipinski definition) is 12. The standard InChI is InChI=1S/C21H26N6O2.C18H25N5O2.C16H24N4O2.C15H22N4O3.C14H19FN4O2.C14H20N4O3/c1-13(2)17-9-19(25-24-17)21(28)27-6-5-14(12-27)18-7-15(8-20(23-18)29-4)16-10-22-26(3)11-16;1-11(2)15-9-16(21-20-15)17(24)22-7-5-13(10-22)14-6-8-23(12(3)4)18(25)19-14;1-10(2)12-8-13(19-18-12)15(22)20-7-6-16(3,9-20)17-14(21)11-4-5-11;1-15(2,22)12-7-11(17-18-12)14(21)19-6-5-10(8-19)16-13(20)9-3-4-9;1-8(15)11-6-12(18-17-11)14(21)19-5-4-10(7-19)16-13(20)9-2-3-9;1-8(19)11-6-12(17-16-11)14(21)18-5-4-10(7-18)15-13(20)9-2-3-9/h7-11,13-14H,5-6,12H2,1-4H3,(H,24,25);6,8-9,11-13H,5,7,10H2,1-4H3,(H,20,21);8,10-11H,4-7,9H2,1-3H3,(H,17,21)(H,18,19);7,9-10,22H,3-6,8H2,1-2H3,(H,16,20)(H,17,18);6,8-10H,2-5,7H2,1H3,(H,16,20)(H,17,18);6,8-10,19H,2-5,7H2,1H3,(H,15,20)(H,16,17). The Bertz CT molecular complexity index is 5830. The summed E-state index contributed by atoms with van der Waals surface area (Å²) < 4.78 is 21.9. The number of methoxy groups -OCH3 is 1. The van der Waals surface area contributed by atoms with E-state index in [0.29, 0.717) is 148 Å². The summed E-state index contributed by atoms with van der Waals surface area (Å²) in [5, 5.41) is 76.7. The largest absolute Gasteiger partial charge is 0.481 e. The van der Waals surface area contributed by atoms with Crippen LogP contribution in [0.15, 0.2) is 78.0 Å². The number of ether oxygens (including phenoxy) is 1. The molecule has 8 atom stereocenters. The minimum Gasteiger partial charge on any atom is -0.481 e. The number of pyridine rings is 1. The van der Waals surface area contributed by atoms with Crippen molar-refractivity contribution < 1.29 is 67.3 Å². The number of halogens is 1. The molecule has 6 saturated heterocycles. The highest BCUT2D eigenvalue weighted by atomic mass is 19.1. The third kappa shape index (κ3) is 26.7. The van der Waals surface area contributed by atoms with Gasteiger partial charge in [0, 0.05) is 192 Å². The molecule has 42 heteroatoms. The molecule has 19 rings (SSSR count). The highest BCUT2D eigenvalue weighted by Crippen LogP contribution is 2.37. The van der Waals surface area contributed by atoms with Gasteiger partial charge in [-0.05, 0) is 210 Å². The number of alkyl halides is 1. The van der Waals surface area contributed by atoms with Crippen molar-refractivity contribution in [3.8, 4) is 17.0 Å². The average Bonchev–Trinajstić information content (AvgIpc) is 1.66. The molecule has 0 spiro atoms. The Morgan fingerprint density at radius 3 is 1.20 bits per heavy atom. The molecule has 41 nitrogen and oxygen atoms in total. The number of aliphatic hydroxyl groups excluding tert-OH is 1. The Morgan fingerprint density at radius 2 is 0.843 bits per heavy atom. The first-order chi connectivity index (χ1) is 66.6. The molecule has 12 N–H and O–H groups in total. The molecule has 6 aliphatic heterocycles. The predicted octanol–water partition coefficient (Wildman–Crippen LogP) is 8.69. The first-order valence-corrected chi connectivity index (χ1v) is 49.1. The first-order valence-electron chi connectivity index (χ1n) is 49.1. The number of carbonyl (C=O) groups excluding carboxylic acids is 10. The monoisotopic (exact) mass is 1930 g/mol. The van der Waals surface area contributed by atoms with Crippen molar-refractivity contribution in [1.82, 2.24) is 136 Å². The smallest absolute Gasteiger partial charge is 0.348 e. The number of amides is 10. The summed E-state index contributed by atoms with van der Waals surface area (Å²) in [5.41, 5.74) is 8.57. The lowest BCUT2D eigenvalue weighted by Gasteiger charge is -2.26. The molecule has 140 heavy (non-hydrogen) atoms. The van der Waals surface area contributed by atoms with Crippen molar-refractivity contribution in [2.75, 3.05) is 85.6 Å². The number of nitrogens with one attached hydrogen (secondary N) is 10. The molecule has 15 heterocycles. The minimum absolute atomic E-state index is 0.0144. The zero-order chi connectivity index (χ0) is 100. The lowest BCUT2D eigenvalue weighted by molar-refractivity contribution is -0.124. The van der Waals surface area contributed by atoms with Crippen molar-refractivity contribution in [1.29, 1.82) is 0 Å². The minimum atomic E-state index is -1.18. The van der Waals surface area contributed by atoms with Crippen LogP contribution in [0.2, 0.25) is 0 Å². The van der Waals surface area contributed by atoms with Crippen LogP contribution in [-0.4, -0.2) is 293 Å². The lowest BCUT2D eigenvalue weighted by atomic mass is 10.0. The van der Waals surface area contributed by atoms with Crippen molar-refractivity contribution >= 4 is 59.1 Å². The van der Waals surface area contributed by atoms with Gasteiger partial charge in [0.2, 0.25) is 29.5 Å². The molecule has 10 aliphatic rings. The van der Waals surface area contributed by atoms with Gasteiger partial charge in [0.1, 0.15) is 28.9 Å². The zero-order valence-electron chi connectivity index (χ0n) is 82.7. The maximum atomic E-state index is 13.1. The van der Waals surface area contributed by atoms with Gasteiger partial charge in [-0.1, -0.05) is 41.5 Å². The van der Waals surface area contributed by atoms with Crippen LogP contribution in [0.5, 0.6) is 5.88 Å². The molecule has 9 aromatic rings. The quantitative estimate of drug-likeness (QED) is 0.0254. The number of hydrogen-bond acceptors (Lipinski definition) is 23. The Balaban J connectivity index is 0.000000134. The van der Waals surface area contributed by atoms with Gasteiger partial charge in [0.05, 0.1) is 47.7 Å². The molecule has 10 amide bonds. The number of rotatable bonds is 25. The van der Waals surface area contributed by atoms with E-state index in [-0.39, 0.29) is 136 Å². The lowest BCUT2D eigenvalue weighted by Crippen LogP contribution is -2.49. The SMILES string of the molecule is CC(C)(O)c1cc(C(=O)N2CCC(NC(=O)C3CC3)C2)n[nH]1.CC(C)c1cc(C(=O)N2CCC(C)(NC(=O)C3CC3)C2)n[nH]1.CC(C)c1cc(C(=O)N2CCC(c3ccn(C(C)C)c(=O)n3)C2)n[nH]1.CC(F)c1cc(C(=O)N2CCC(NC(=O)C3CC3)C2)n[nH]1.CC(O)c1cc(C(=O)N2CCC(NC(=O)C3CC3)C2)n[nH]1.COc1cc(-c2cnn(C)c2)cc(C2CCN(C(=O)c3cc(C(C)C)[nH]n3)C2)n1. The van der Waals surface area contributed by atoms with Gasteiger partial charge in [0.25, 0.3) is 35.4 Å². The van der Waals surface area contributed by atoms with Crippen LogP contribution in [-0.2, 0) is 31.8 Å². The van der Waals surface area contributed by atoms with Gasteiger partial charge in [0.15, 0.2) is 17.1 Å². The van der Waals surface area contributed by atoms with E-state index in [4.69, 9.17) is 4.74 Å². The summed E-state index contributed by atoms with van der Waals surface area (Å²) in [6.07, 6.45) is 16.3. The van der Waals surface area contributed by atoms with E-state index < -0.39 is 17.9 Å². The fraction of sp³-hybridized carbons (Fsp3) is 0.592. The summed E-state index contributed by atoms with van der Waals surface area (Å²) >= 11 is 0. The van der Waals surface area contributed by atoms with E-state index in [1.54, 1.807) is 80.0 Å². The number of nitrogens with zero attached hydrogens (tertiary/aromatic N) is 17. The second-order valence-corrected chi connectivity index (χ2v) is 40.7. The van der Waals surface area contributed by atoms with E-state index >= 15 is 0 Å². The van der Waals surface area contributed by atoms with Gasteiger partial charge >= 0.3 is 5.69 Å². The van der Waals surface area contributed by atoms with Gasteiger partial charge in [-0.15, -0.1) is 0 Å². The van der Waals surface area contributed by atoms with Crippen molar-refractivity contribution in [3.05, 3.63) is 163 Å². The second kappa shape index (κ2) is 44.5. The van der Waals surface area contributed by atoms with Crippen LogP contribution < -0.4 is 31.7 Å². The van der Waals surface area contributed by atoms with Crippen molar-refractivity contribution in [2.45, 2.75) is 257 Å². The highest BCUT2D eigenvalue weighted by molar-refractivity contribution is 5.96. The molecule has 754 valence electrons. The molecule has 8 unspecified atom stereocenters. The number of carbonyl (C=O) groups is 10. The Kier molecular flexibility index (Phi) is 32.7. The summed E-state index contributed by atoms with van der Waals surface area (Å²) in [5.74, 6) is 2.24. The molecular formula is C98H136FN27O14. The molecule has 10 fully saturated rings. The maximum absolute atomic E-state index is 13.1. The maximum Gasteiger partial charge on any atom is 0.348 e. The molecule has 0 aromatic carbocycles. The average molecular weight is 1940 g/mol. The normalized spacial score (nSPS) is 20.9. The Labute approximate surface area is 812 Å². The molecule has 9 aromatic heterocycles. The summed E-state index contributed by atoms with van der Waals surface area (Å²) in [4.78, 5) is 154. The molecule has 0 radical (unpaired) electrons. The fourth-order valence-corrected chi connectivity index (χ4v) is 17.4. The second-order valence-electron chi connectivity index (χ2n) is 40.7. The number of aliphatic hydroxyl groups is 2. The Hall–Kier alpha value is -13.2. The van der Waals surface area contributed by atoms with Crippen LogP contribution in [0.25, 0.3) is 11.1 Å². The molecular weight excluding hydrogens is 1800 g/mol. The van der Waals surface area contributed by atoms with Crippen LogP contribution >= 0.6 is 0 Å². The van der Waals surface area contributed by atoms with Crippen LogP contribution in [0.4, 0.5) is 4.39 Å². The Morgan fingerprint density at radius 1 is 0.464 bits per heavy atom. The number of likely N-dealkylation sites (tertiary alicyclic amines) is 6. The molecule has 4 saturated carbocycles. The third-order valence-corrected chi connectivity index (χ3v) is 27.0. The molecule has 4 aliphatic carbocycles. The summed E-state index contributed by atoms with van der Waals surface area (Å²) in [6, 6.07) is 16.2. The van der Waals surface area contributed by atoms with Crippen LogP contribution in [0.1, 0.15) is 336 Å². The van der Waals surface area contributed by atoms with Gasteiger partial charge < -0.3 is 65.6 Å². The third-order valence-electron chi connectivity index (χ3n) is 27.0. The fourth-order valence-electron chi connectivity index (χ4n) is 17.4. The van der Waals surface area contributed by atoms with Crippen LogP contribution in [0.3, 0.4) is 0 Å². The number of aryl methyl sites for hydroxylation is 1. The number of aromatic amines is 6. The highest BCUT2D eigenvalue weighted by Gasteiger charge is 2.44. The number of H-pyrrole nitrogens is 6. The van der Waals surface area contributed by atoms with Crippen molar-refractivity contribution in [2.24, 2.45) is 30.7 Å².